The van der Waals surface area contributed by atoms with E-state index in [1.807, 2.05) is 4.90 Å². The maximum absolute atomic E-state index is 14.0. The topological polar surface area (TPSA) is 42.0 Å². The van der Waals surface area contributed by atoms with Crippen LogP contribution < -0.4 is 14.4 Å². The standard InChI is InChI=1S/C20H22F2N2O3/c1-13-20(25)24(18-11-16(26-2)6-7-19(18)27-3)9-8-23(13)12-14-4-5-15(21)10-17(14)22/h4-7,10-11,13H,8-9,12H2,1-3H3/t13-/m1/s1. The molecule has 5 nitrogen and oxygen atoms in total. The fourth-order valence-electron chi connectivity index (χ4n) is 3.25. The fraction of sp³-hybridized carbons (Fsp3) is 0.350. The minimum atomic E-state index is -0.615. The highest BCUT2D eigenvalue weighted by atomic mass is 19.1. The van der Waals surface area contributed by atoms with Crippen molar-refractivity contribution in [3.05, 3.63) is 53.6 Å². The van der Waals surface area contributed by atoms with Crippen LogP contribution in [0.15, 0.2) is 36.4 Å². The Morgan fingerprint density at radius 3 is 2.52 bits per heavy atom. The summed E-state index contributed by atoms with van der Waals surface area (Å²) in [5.74, 6) is -0.131. The molecule has 1 aliphatic rings. The molecular formula is C20H22F2N2O3. The summed E-state index contributed by atoms with van der Waals surface area (Å²) < 4.78 is 37.7. The van der Waals surface area contributed by atoms with Gasteiger partial charge in [0.1, 0.15) is 23.1 Å². The third-order valence-electron chi connectivity index (χ3n) is 4.85. The predicted octanol–water partition coefficient (Wildman–Crippen LogP) is 3.22. The number of anilines is 1. The van der Waals surface area contributed by atoms with Crippen molar-refractivity contribution >= 4 is 11.6 Å². The van der Waals surface area contributed by atoms with Crippen LogP contribution in [0.4, 0.5) is 14.5 Å². The predicted molar refractivity (Wildman–Crippen MR) is 98.1 cm³/mol. The Kier molecular flexibility index (Phi) is 5.60. The number of ether oxygens (including phenoxy) is 2. The molecule has 0 unspecified atom stereocenters. The number of nitrogens with zero attached hydrogens (tertiary/aromatic N) is 2. The SMILES string of the molecule is COc1ccc(OC)c(N2CCN(Cc3ccc(F)cc3F)[C@H](C)C2=O)c1. The number of carbonyl (C=O) groups excluding carboxylic acids is 1. The molecule has 0 aliphatic carbocycles. The van der Waals surface area contributed by atoms with Crippen LogP contribution in [0.2, 0.25) is 0 Å². The number of carbonyl (C=O) groups is 1. The summed E-state index contributed by atoms with van der Waals surface area (Å²) >= 11 is 0. The molecule has 0 spiro atoms. The average molecular weight is 376 g/mol. The first kappa shape index (κ1) is 19.1. The number of benzene rings is 2. The second-order valence-corrected chi connectivity index (χ2v) is 6.41. The summed E-state index contributed by atoms with van der Waals surface area (Å²) in [6.07, 6.45) is 0. The largest absolute Gasteiger partial charge is 0.497 e. The van der Waals surface area contributed by atoms with Crippen LogP contribution in [0.3, 0.4) is 0 Å². The van der Waals surface area contributed by atoms with Crippen LogP contribution in [0, 0.1) is 11.6 Å². The van der Waals surface area contributed by atoms with Crippen LogP contribution in [-0.4, -0.2) is 44.2 Å². The van der Waals surface area contributed by atoms with Crippen molar-refractivity contribution < 1.29 is 23.0 Å². The van der Waals surface area contributed by atoms with Crippen LogP contribution in [0.25, 0.3) is 0 Å². The Labute approximate surface area is 157 Å². The van der Waals surface area contributed by atoms with Gasteiger partial charge in [0.2, 0.25) is 5.91 Å². The van der Waals surface area contributed by atoms with E-state index in [0.717, 1.165) is 6.07 Å². The minimum absolute atomic E-state index is 0.115. The van der Waals surface area contributed by atoms with Gasteiger partial charge in [-0.1, -0.05) is 6.07 Å². The molecule has 1 saturated heterocycles. The van der Waals surface area contributed by atoms with Crippen LogP contribution in [0.1, 0.15) is 12.5 Å². The quantitative estimate of drug-likeness (QED) is 0.804. The summed E-state index contributed by atoms with van der Waals surface area (Å²) in [7, 11) is 3.11. The summed E-state index contributed by atoms with van der Waals surface area (Å²) in [5.41, 5.74) is 1.00. The number of halogens is 2. The summed E-state index contributed by atoms with van der Waals surface area (Å²) in [6, 6.07) is 8.33. The van der Waals surface area contributed by atoms with Gasteiger partial charge in [-0.3, -0.25) is 9.69 Å². The Hall–Kier alpha value is -2.67. The number of piperazine rings is 1. The van der Waals surface area contributed by atoms with Crippen molar-refractivity contribution in [3.8, 4) is 11.5 Å². The highest BCUT2D eigenvalue weighted by Crippen LogP contribution is 2.34. The van der Waals surface area contributed by atoms with E-state index in [9.17, 15) is 13.6 Å². The molecule has 1 fully saturated rings. The first-order valence-corrected chi connectivity index (χ1v) is 8.66. The third-order valence-corrected chi connectivity index (χ3v) is 4.85. The number of methoxy groups -OCH3 is 2. The van der Waals surface area contributed by atoms with E-state index >= 15 is 0 Å². The number of hydrogen-bond acceptors (Lipinski definition) is 4. The van der Waals surface area contributed by atoms with Gasteiger partial charge in [-0.05, 0) is 25.1 Å². The van der Waals surface area contributed by atoms with Crippen LogP contribution >= 0.6 is 0 Å². The Morgan fingerprint density at radius 2 is 1.85 bits per heavy atom. The molecule has 2 aromatic carbocycles. The molecule has 1 amide bonds. The molecular weight excluding hydrogens is 354 g/mol. The van der Waals surface area contributed by atoms with E-state index in [0.29, 0.717) is 35.8 Å². The molecule has 2 aromatic rings. The van der Waals surface area contributed by atoms with Gasteiger partial charge in [0.15, 0.2) is 0 Å². The van der Waals surface area contributed by atoms with E-state index in [1.54, 1.807) is 44.2 Å². The molecule has 144 valence electrons. The van der Waals surface area contributed by atoms with E-state index in [1.165, 1.54) is 12.1 Å². The smallest absolute Gasteiger partial charge is 0.244 e. The Balaban J connectivity index is 1.80. The Morgan fingerprint density at radius 1 is 1.07 bits per heavy atom. The average Bonchev–Trinajstić information content (AvgIpc) is 2.67. The van der Waals surface area contributed by atoms with Crippen molar-refractivity contribution in [2.75, 3.05) is 32.2 Å². The molecule has 1 atom stereocenters. The highest BCUT2D eigenvalue weighted by Gasteiger charge is 2.34. The van der Waals surface area contributed by atoms with E-state index in [4.69, 9.17) is 9.47 Å². The van der Waals surface area contributed by atoms with E-state index in [-0.39, 0.29) is 12.5 Å². The molecule has 1 aliphatic heterocycles. The Bertz CT molecular complexity index is 844. The zero-order valence-electron chi connectivity index (χ0n) is 15.5. The molecule has 7 heteroatoms. The lowest BCUT2D eigenvalue weighted by Gasteiger charge is -2.39. The maximum Gasteiger partial charge on any atom is 0.244 e. The fourth-order valence-corrected chi connectivity index (χ4v) is 3.25. The molecule has 0 radical (unpaired) electrons. The van der Waals surface area contributed by atoms with Gasteiger partial charge in [0, 0.05) is 37.3 Å². The highest BCUT2D eigenvalue weighted by molar-refractivity contribution is 5.99. The molecule has 0 saturated carbocycles. The molecule has 0 aromatic heterocycles. The number of rotatable bonds is 5. The van der Waals surface area contributed by atoms with Gasteiger partial charge < -0.3 is 14.4 Å². The maximum atomic E-state index is 14.0. The van der Waals surface area contributed by atoms with Crippen LogP contribution in [0.5, 0.6) is 11.5 Å². The lowest BCUT2D eigenvalue weighted by molar-refractivity contribution is -0.125. The van der Waals surface area contributed by atoms with Gasteiger partial charge in [-0.15, -0.1) is 0 Å². The van der Waals surface area contributed by atoms with Crippen molar-refractivity contribution in [1.82, 2.24) is 4.90 Å². The van der Waals surface area contributed by atoms with Gasteiger partial charge in [0.05, 0.1) is 25.9 Å². The van der Waals surface area contributed by atoms with Gasteiger partial charge in [-0.2, -0.15) is 0 Å². The normalized spacial score (nSPS) is 17.9. The van der Waals surface area contributed by atoms with Crippen LogP contribution in [-0.2, 0) is 11.3 Å². The lowest BCUT2D eigenvalue weighted by atomic mass is 10.1. The second-order valence-electron chi connectivity index (χ2n) is 6.41. The van der Waals surface area contributed by atoms with Crippen molar-refractivity contribution in [3.63, 3.8) is 0 Å². The minimum Gasteiger partial charge on any atom is -0.497 e. The molecule has 0 bridgehead atoms. The zero-order chi connectivity index (χ0) is 19.6. The zero-order valence-corrected chi connectivity index (χ0v) is 15.5. The molecule has 3 rings (SSSR count). The molecule has 1 heterocycles. The summed E-state index contributed by atoms with van der Waals surface area (Å²) in [5, 5.41) is 0. The lowest BCUT2D eigenvalue weighted by Crippen LogP contribution is -2.55. The summed E-state index contributed by atoms with van der Waals surface area (Å²) in [6.45, 7) is 2.99. The van der Waals surface area contributed by atoms with Crippen molar-refractivity contribution in [1.29, 1.82) is 0 Å². The van der Waals surface area contributed by atoms with E-state index < -0.39 is 17.7 Å². The number of hydrogen-bond donors (Lipinski definition) is 0. The number of amides is 1. The molecule has 0 N–H and O–H groups in total. The van der Waals surface area contributed by atoms with Crippen molar-refractivity contribution in [2.45, 2.75) is 19.5 Å². The second kappa shape index (κ2) is 7.92. The first-order valence-electron chi connectivity index (χ1n) is 8.66. The monoisotopic (exact) mass is 376 g/mol. The summed E-state index contributed by atoms with van der Waals surface area (Å²) in [4.78, 5) is 16.5. The van der Waals surface area contributed by atoms with E-state index in [2.05, 4.69) is 0 Å². The van der Waals surface area contributed by atoms with Gasteiger partial charge >= 0.3 is 0 Å². The van der Waals surface area contributed by atoms with Gasteiger partial charge in [-0.25, -0.2) is 8.78 Å². The first-order chi connectivity index (χ1) is 12.9. The molecule has 27 heavy (non-hydrogen) atoms. The third kappa shape index (κ3) is 3.88. The van der Waals surface area contributed by atoms with Gasteiger partial charge in [0.25, 0.3) is 0 Å². The van der Waals surface area contributed by atoms with Crippen molar-refractivity contribution in [2.24, 2.45) is 0 Å².